The second-order valence-corrected chi connectivity index (χ2v) is 6.47. The maximum atomic E-state index is 12.3. The Kier molecular flexibility index (Phi) is 6.42. The molecular formula is C19H26N4O2. The predicted octanol–water partition coefficient (Wildman–Crippen LogP) is 3.04. The van der Waals surface area contributed by atoms with E-state index in [2.05, 4.69) is 10.3 Å². The van der Waals surface area contributed by atoms with E-state index in [0.717, 1.165) is 43.8 Å². The molecule has 0 saturated carbocycles. The van der Waals surface area contributed by atoms with E-state index in [1.54, 1.807) is 4.68 Å². The summed E-state index contributed by atoms with van der Waals surface area (Å²) in [6.07, 6.45) is 8.03. The molecule has 1 fully saturated rings. The number of rotatable bonds is 7. The zero-order chi connectivity index (χ0) is 17.3. The minimum Gasteiger partial charge on any atom is -0.487 e. The van der Waals surface area contributed by atoms with Crippen molar-refractivity contribution in [1.29, 1.82) is 0 Å². The number of para-hydroxylation sites is 1. The van der Waals surface area contributed by atoms with Crippen LogP contribution in [0.15, 0.2) is 36.5 Å². The summed E-state index contributed by atoms with van der Waals surface area (Å²) in [6.45, 7) is 2.95. The van der Waals surface area contributed by atoms with E-state index in [1.165, 1.54) is 12.8 Å². The topological polar surface area (TPSA) is 60.3 Å². The van der Waals surface area contributed by atoms with E-state index in [-0.39, 0.29) is 5.91 Å². The van der Waals surface area contributed by atoms with Gasteiger partial charge in [-0.1, -0.05) is 36.3 Å². The third kappa shape index (κ3) is 5.59. The van der Waals surface area contributed by atoms with E-state index in [9.17, 15) is 4.79 Å². The number of aryl methyl sites for hydroxylation is 1. The number of benzene rings is 1. The molecule has 0 unspecified atom stereocenters. The van der Waals surface area contributed by atoms with Crippen molar-refractivity contribution in [1.82, 2.24) is 19.9 Å². The van der Waals surface area contributed by atoms with Crippen LogP contribution in [0, 0.1) is 0 Å². The van der Waals surface area contributed by atoms with E-state index in [1.807, 2.05) is 41.4 Å². The molecule has 2 aromatic rings. The lowest BCUT2D eigenvalue weighted by Crippen LogP contribution is -2.31. The van der Waals surface area contributed by atoms with Gasteiger partial charge in [0.05, 0.1) is 6.20 Å². The standard InChI is InChI=1S/C19H26N4O2/c24-19(22-12-6-1-2-7-13-22)11-8-14-23-15-17(20-21-23)16-25-18-9-4-3-5-10-18/h3-5,9-10,15H,1-2,6-8,11-14,16H2. The number of carbonyl (C=O) groups is 1. The first-order valence-corrected chi connectivity index (χ1v) is 9.16. The van der Waals surface area contributed by atoms with Crippen molar-refractivity contribution in [3.05, 3.63) is 42.2 Å². The van der Waals surface area contributed by atoms with Crippen molar-refractivity contribution in [2.45, 2.75) is 51.7 Å². The summed E-state index contributed by atoms with van der Waals surface area (Å²) < 4.78 is 7.45. The summed E-state index contributed by atoms with van der Waals surface area (Å²) in [5, 5.41) is 8.24. The molecule has 0 radical (unpaired) electrons. The molecule has 0 bridgehead atoms. The van der Waals surface area contributed by atoms with Crippen LogP contribution in [-0.2, 0) is 17.9 Å². The Morgan fingerprint density at radius 1 is 1.08 bits per heavy atom. The van der Waals surface area contributed by atoms with Gasteiger partial charge >= 0.3 is 0 Å². The second-order valence-electron chi connectivity index (χ2n) is 6.47. The molecule has 0 spiro atoms. The summed E-state index contributed by atoms with van der Waals surface area (Å²) in [4.78, 5) is 14.3. The molecule has 134 valence electrons. The summed E-state index contributed by atoms with van der Waals surface area (Å²) in [6, 6.07) is 9.66. The molecule has 1 aliphatic rings. The molecule has 3 rings (SSSR count). The second kappa shape index (κ2) is 9.20. The van der Waals surface area contributed by atoms with Gasteiger partial charge in [0.2, 0.25) is 5.91 Å². The predicted molar refractivity (Wildman–Crippen MR) is 95.1 cm³/mol. The van der Waals surface area contributed by atoms with Crippen molar-refractivity contribution in [2.75, 3.05) is 13.1 Å². The van der Waals surface area contributed by atoms with Gasteiger partial charge in [-0.05, 0) is 31.4 Å². The number of hydrogen-bond acceptors (Lipinski definition) is 4. The van der Waals surface area contributed by atoms with Gasteiger partial charge in [-0.3, -0.25) is 9.48 Å². The monoisotopic (exact) mass is 342 g/mol. The smallest absolute Gasteiger partial charge is 0.222 e. The van der Waals surface area contributed by atoms with Gasteiger partial charge in [0.1, 0.15) is 18.1 Å². The van der Waals surface area contributed by atoms with Crippen LogP contribution in [-0.4, -0.2) is 38.9 Å². The molecule has 2 heterocycles. The Morgan fingerprint density at radius 3 is 2.60 bits per heavy atom. The van der Waals surface area contributed by atoms with Gasteiger partial charge in [0.15, 0.2) is 0 Å². The number of carbonyl (C=O) groups excluding carboxylic acids is 1. The van der Waals surface area contributed by atoms with Crippen LogP contribution in [0.4, 0.5) is 0 Å². The van der Waals surface area contributed by atoms with E-state index >= 15 is 0 Å². The largest absolute Gasteiger partial charge is 0.487 e. The molecule has 1 aliphatic heterocycles. The highest BCUT2D eigenvalue weighted by Crippen LogP contribution is 2.12. The lowest BCUT2D eigenvalue weighted by molar-refractivity contribution is -0.131. The Labute approximate surface area is 148 Å². The highest BCUT2D eigenvalue weighted by atomic mass is 16.5. The molecule has 1 aromatic heterocycles. The van der Waals surface area contributed by atoms with Crippen molar-refractivity contribution >= 4 is 5.91 Å². The lowest BCUT2D eigenvalue weighted by atomic mass is 10.2. The molecule has 0 N–H and O–H groups in total. The molecular weight excluding hydrogens is 316 g/mol. The highest BCUT2D eigenvalue weighted by molar-refractivity contribution is 5.76. The first-order valence-electron chi connectivity index (χ1n) is 9.16. The van der Waals surface area contributed by atoms with Gasteiger partial charge in [-0.2, -0.15) is 0 Å². The van der Waals surface area contributed by atoms with Gasteiger partial charge in [-0.15, -0.1) is 5.10 Å². The first-order chi connectivity index (χ1) is 12.3. The summed E-state index contributed by atoms with van der Waals surface area (Å²) in [5.41, 5.74) is 0.794. The third-order valence-corrected chi connectivity index (χ3v) is 4.45. The molecule has 1 amide bonds. The molecule has 0 aliphatic carbocycles. The van der Waals surface area contributed by atoms with Crippen molar-refractivity contribution in [3.63, 3.8) is 0 Å². The maximum Gasteiger partial charge on any atom is 0.222 e. The third-order valence-electron chi connectivity index (χ3n) is 4.45. The fourth-order valence-electron chi connectivity index (χ4n) is 3.06. The number of nitrogens with zero attached hydrogens (tertiary/aromatic N) is 4. The lowest BCUT2D eigenvalue weighted by Gasteiger charge is -2.20. The number of likely N-dealkylation sites (tertiary alicyclic amines) is 1. The zero-order valence-corrected chi connectivity index (χ0v) is 14.6. The first kappa shape index (κ1) is 17.5. The van der Waals surface area contributed by atoms with E-state index in [4.69, 9.17) is 4.74 Å². The quantitative estimate of drug-likeness (QED) is 0.776. The van der Waals surface area contributed by atoms with Gasteiger partial charge in [-0.25, -0.2) is 0 Å². The van der Waals surface area contributed by atoms with Crippen LogP contribution < -0.4 is 4.74 Å². The minimum absolute atomic E-state index is 0.273. The van der Waals surface area contributed by atoms with Crippen LogP contribution >= 0.6 is 0 Å². The Morgan fingerprint density at radius 2 is 1.84 bits per heavy atom. The number of amides is 1. The summed E-state index contributed by atoms with van der Waals surface area (Å²) in [7, 11) is 0. The molecule has 0 atom stereocenters. The van der Waals surface area contributed by atoms with Crippen LogP contribution in [0.1, 0.15) is 44.2 Å². The van der Waals surface area contributed by atoms with Crippen LogP contribution in [0.2, 0.25) is 0 Å². The zero-order valence-electron chi connectivity index (χ0n) is 14.6. The van der Waals surface area contributed by atoms with Crippen LogP contribution in [0.5, 0.6) is 5.75 Å². The molecule has 6 heteroatoms. The summed E-state index contributed by atoms with van der Waals surface area (Å²) >= 11 is 0. The van der Waals surface area contributed by atoms with E-state index in [0.29, 0.717) is 19.6 Å². The van der Waals surface area contributed by atoms with Gasteiger partial charge < -0.3 is 9.64 Å². The molecule has 25 heavy (non-hydrogen) atoms. The average molecular weight is 342 g/mol. The highest BCUT2D eigenvalue weighted by Gasteiger charge is 2.15. The Balaban J connectivity index is 1.38. The molecule has 1 saturated heterocycles. The number of aromatic nitrogens is 3. The van der Waals surface area contributed by atoms with Crippen LogP contribution in [0.3, 0.4) is 0 Å². The Hall–Kier alpha value is -2.37. The normalized spacial score (nSPS) is 15.0. The van der Waals surface area contributed by atoms with E-state index < -0.39 is 0 Å². The minimum atomic E-state index is 0.273. The van der Waals surface area contributed by atoms with Crippen LogP contribution in [0.25, 0.3) is 0 Å². The SMILES string of the molecule is O=C(CCCn1cc(COc2ccccc2)nn1)N1CCCCCC1. The maximum absolute atomic E-state index is 12.3. The summed E-state index contributed by atoms with van der Waals surface area (Å²) in [5.74, 6) is 1.09. The average Bonchev–Trinajstić information content (AvgIpc) is 2.91. The number of ether oxygens (including phenoxy) is 1. The van der Waals surface area contributed by atoms with Gasteiger partial charge in [0.25, 0.3) is 0 Å². The molecule has 1 aromatic carbocycles. The fourth-order valence-corrected chi connectivity index (χ4v) is 3.06. The fraction of sp³-hybridized carbons (Fsp3) is 0.526. The van der Waals surface area contributed by atoms with Crippen molar-refractivity contribution < 1.29 is 9.53 Å². The molecule has 6 nitrogen and oxygen atoms in total. The van der Waals surface area contributed by atoms with Crippen molar-refractivity contribution in [3.8, 4) is 5.75 Å². The van der Waals surface area contributed by atoms with Gasteiger partial charge in [0, 0.05) is 26.1 Å². The number of hydrogen-bond donors (Lipinski definition) is 0. The van der Waals surface area contributed by atoms with Crippen molar-refractivity contribution in [2.24, 2.45) is 0 Å². The Bertz CT molecular complexity index is 648.